The van der Waals surface area contributed by atoms with Gasteiger partial charge in [-0.1, -0.05) is 17.7 Å². The normalized spacial score (nSPS) is 14.3. The van der Waals surface area contributed by atoms with Crippen molar-refractivity contribution in [1.82, 2.24) is 0 Å². The fraction of sp³-hybridized carbons (Fsp3) is 0.250. The number of methoxy groups -OCH3 is 1. The minimum Gasteiger partial charge on any atom is -0.497 e. The summed E-state index contributed by atoms with van der Waals surface area (Å²) in [7, 11) is 1.67. The van der Waals surface area contributed by atoms with Crippen molar-refractivity contribution in [3.63, 3.8) is 0 Å². The van der Waals surface area contributed by atoms with Crippen LogP contribution in [-0.4, -0.2) is 24.9 Å². The topological polar surface area (TPSA) is 27.8 Å². The summed E-state index contributed by atoms with van der Waals surface area (Å²) in [6.45, 7) is 3.88. The van der Waals surface area contributed by atoms with Gasteiger partial charge in [0.15, 0.2) is 13.1 Å². The van der Waals surface area contributed by atoms with E-state index in [4.69, 9.17) is 4.74 Å². The highest BCUT2D eigenvalue weighted by Gasteiger charge is 2.24. The Morgan fingerprint density at radius 3 is 2.40 bits per heavy atom. The van der Waals surface area contributed by atoms with Gasteiger partial charge < -0.3 is 4.74 Å². The summed E-state index contributed by atoms with van der Waals surface area (Å²) in [4.78, 5) is 0. The smallest absolute Gasteiger partial charge is 0.153 e. The van der Waals surface area contributed by atoms with Crippen LogP contribution >= 0.6 is 0 Å². The summed E-state index contributed by atoms with van der Waals surface area (Å²) in [5.41, 5.74) is 3.48. The van der Waals surface area contributed by atoms with Crippen molar-refractivity contribution in [2.24, 2.45) is 5.22 Å². The predicted octanol–water partition coefficient (Wildman–Crippen LogP) is 3.54. The number of benzene rings is 2. The molecule has 3 rings (SSSR count). The molecule has 2 aromatic carbocycles. The third-order valence-electron chi connectivity index (χ3n) is 3.44. The van der Waals surface area contributed by atoms with Crippen LogP contribution in [0.5, 0.6) is 5.75 Å². The Morgan fingerprint density at radius 1 is 1.05 bits per heavy atom. The van der Waals surface area contributed by atoms with Gasteiger partial charge in [-0.3, -0.25) is 0 Å². The molecule has 0 amide bonds. The van der Waals surface area contributed by atoms with E-state index in [1.165, 1.54) is 5.56 Å². The van der Waals surface area contributed by atoms with E-state index in [9.17, 15) is 0 Å². The number of nitrogens with zero attached hydrogens (tertiary/aromatic N) is 3. The molecule has 0 bridgehead atoms. The molecule has 4 heteroatoms. The Hall–Kier alpha value is -2.36. The van der Waals surface area contributed by atoms with Gasteiger partial charge in [-0.25, -0.2) is 0 Å². The maximum atomic E-state index is 5.17. The molecule has 2 aromatic rings. The second-order valence-corrected chi connectivity index (χ2v) is 4.87. The molecule has 4 nitrogen and oxygen atoms in total. The van der Waals surface area contributed by atoms with Crippen molar-refractivity contribution < 1.29 is 9.43 Å². The first-order valence-electron chi connectivity index (χ1n) is 6.73. The molecule has 0 saturated heterocycles. The first kappa shape index (κ1) is 12.7. The van der Waals surface area contributed by atoms with Crippen molar-refractivity contribution in [3.05, 3.63) is 54.1 Å². The zero-order chi connectivity index (χ0) is 13.9. The fourth-order valence-corrected chi connectivity index (χ4v) is 2.24. The number of rotatable bonds is 3. The lowest BCUT2D eigenvalue weighted by atomic mass is 10.2. The van der Waals surface area contributed by atoms with Crippen LogP contribution in [-0.2, 0) is 0 Å². The van der Waals surface area contributed by atoms with Gasteiger partial charge in [0.2, 0.25) is 0 Å². The summed E-state index contributed by atoms with van der Waals surface area (Å²) in [5.74, 6) is 0.864. The highest BCUT2D eigenvalue weighted by Crippen LogP contribution is 2.24. The van der Waals surface area contributed by atoms with Crippen LogP contribution in [0, 0.1) is 6.92 Å². The minimum atomic E-state index is 0.864. The van der Waals surface area contributed by atoms with E-state index >= 15 is 0 Å². The van der Waals surface area contributed by atoms with Gasteiger partial charge in [0.25, 0.3) is 0 Å². The van der Waals surface area contributed by atoms with Gasteiger partial charge in [-0.2, -0.15) is 0 Å². The van der Waals surface area contributed by atoms with Crippen LogP contribution in [0.25, 0.3) is 0 Å². The lowest BCUT2D eigenvalue weighted by molar-refractivity contribution is -0.496. The molecule has 0 unspecified atom stereocenters. The summed E-state index contributed by atoms with van der Waals surface area (Å²) in [6, 6.07) is 16.4. The standard InChI is InChI=1S/C16H18N3O/c1-13-3-5-14(6-4-13)18-11-12-19(17-18)15-7-9-16(20-2)10-8-15/h3-10H,11-12H2,1-2H3/q+1. The van der Waals surface area contributed by atoms with Crippen LogP contribution in [0.4, 0.5) is 11.4 Å². The third-order valence-corrected chi connectivity index (χ3v) is 3.44. The molecule has 1 aliphatic rings. The molecule has 20 heavy (non-hydrogen) atoms. The summed E-state index contributed by atoms with van der Waals surface area (Å²) < 4.78 is 7.21. The molecular weight excluding hydrogens is 250 g/mol. The molecule has 0 fully saturated rings. The van der Waals surface area contributed by atoms with Crippen molar-refractivity contribution >= 4 is 11.4 Å². The molecule has 0 atom stereocenters. The molecule has 0 spiro atoms. The third kappa shape index (κ3) is 2.50. The average molecular weight is 268 g/mol. The molecule has 0 aromatic heterocycles. The van der Waals surface area contributed by atoms with Crippen LogP contribution in [0.3, 0.4) is 0 Å². The SMILES string of the molecule is COc1ccc(N2CC[N+](c3ccc(C)cc3)=N2)cc1. The van der Waals surface area contributed by atoms with Gasteiger partial charge in [-0.05, 0) is 43.3 Å². The predicted molar refractivity (Wildman–Crippen MR) is 78.7 cm³/mol. The number of anilines is 1. The van der Waals surface area contributed by atoms with Crippen molar-refractivity contribution in [1.29, 1.82) is 0 Å². The second-order valence-electron chi connectivity index (χ2n) is 4.87. The lowest BCUT2D eigenvalue weighted by Crippen LogP contribution is -2.13. The van der Waals surface area contributed by atoms with Gasteiger partial charge in [0.1, 0.15) is 17.1 Å². The van der Waals surface area contributed by atoms with E-state index in [2.05, 4.69) is 36.4 Å². The largest absolute Gasteiger partial charge is 0.497 e. The van der Waals surface area contributed by atoms with Gasteiger partial charge in [0.05, 0.1) is 12.3 Å². The quantitative estimate of drug-likeness (QED) is 0.796. The molecule has 0 aliphatic carbocycles. The Kier molecular flexibility index (Phi) is 3.37. The maximum Gasteiger partial charge on any atom is 0.153 e. The van der Waals surface area contributed by atoms with Crippen molar-refractivity contribution in [2.45, 2.75) is 6.92 Å². The fourth-order valence-electron chi connectivity index (χ4n) is 2.24. The Labute approximate surface area is 118 Å². The summed E-state index contributed by atoms with van der Waals surface area (Å²) >= 11 is 0. The molecular formula is C16H18N3O+. The first-order valence-corrected chi connectivity index (χ1v) is 6.73. The Morgan fingerprint density at radius 2 is 1.75 bits per heavy atom. The van der Waals surface area contributed by atoms with Crippen molar-refractivity contribution in [3.8, 4) is 5.75 Å². The zero-order valence-electron chi connectivity index (χ0n) is 11.8. The Balaban J connectivity index is 1.81. The first-order chi connectivity index (χ1) is 9.76. The molecule has 1 aliphatic heterocycles. The molecule has 1 heterocycles. The number of ether oxygens (including phenoxy) is 1. The van der Waals surface area contributed by atoms with Gasteiger partial charge >= 0.3 is 0 Å². The summed E-state index contributed by atoms with van der Waals surface area (Å²) in [6.07, 6.45) is 0. The van der Waals surface area contributed by atoms with Crippen LogP contribution in [0.1, 0.15) is 5.56 Å². The lowest BCUT2D eigenvalue weighted by Gasteiger charge is -2.04. The van der Waals surface area contributed by atoms with Gasteiger partial charge in [0, 0.05) is 0 Å². The monoisotopic (exact) mass is 268 g/mol. The zero-order valence-corrected chi connectivity index (χ0v) is 11.8. The highest BCUT2D eigenvalue weighted by atomic mass is 16.5. The second kappa shape index (κ2) is 5.33. The molecule has 0 N–H and O–H groups in total. The average Bonchev–Trinajstić information content (AvgIpc) is 2.98. The van der Waals surface area contributed by atoms with E-state index in [1.807, 2.05) is 34.0 Å². The van der Waals surface area contributed by atoms with E-state index in [-0.39, 0.29) is 0 Å². The van der Waals surface area contributed by atoms with Crippen molar-refractivity contribution in [2.75, 3.05) is 25.2 Å². The minimum absolute atomic E-state index is 0.864. The number of aryl methyl sites for hydroxylation is 1. The van der Waals surface area contributed by atoms with Gasteiger partial charge in [-0.15, -0.1) is 9.71 Å². The molecule has 102 valence electrons. The molecule has 0 saturated carbocycles. The van der Waals surface area contributed by atoms with E-state index in [0.717, 1.165) is 30.2 Å². The van der Waals surface area contributed by atoms with Crippen LogP contribution < -0.4 is 9.75 Å². The highest BCUT2D eigenvalue weighted by molar-refractivity contribution is 5.48. The summed E-state index contributed by atoms with van der Waals surface area (Å²) in [5, 5.41) is 6.65. The van der Waals surface area contributed by atoms with E-state index < -0.39 is 0 Å². The van der Waals surface area contributed by atoms with Crippen LogP contribution in [0.2, 0.25) is 0 Å². The van der Waals surface area contributed by atoms with E-state index in [0.29, 0.717) is 0 Å². The van der Waals surface area contributed by atoms with Crippen LogP contribution in [0.15, 0.2) is 53.8 Å². The maximum absolute atomic E-state index is 5.17. The number of hydrogen-bond donors (Lipinski definition) is 0. The molecule has 0 radical (unpaired) electrons. The number of hydrogen-bond acceptors (Lipinski definition) is 3. The van der Waals surface area contributed by atoms with E-state index in [1.54, 1.807) is 7.11 Å². The Bertz CT molecular complexity index is 617.